The molecule has 0 aliphatic heterocycles. The minimum absolute atomic E-state index is 0.122. The number of hydrogen-bond acceptors (Lipinski definition) is 3. The van der Waals surface area contributed by atoms with Crippen molar-refractivity contribution in [2.45, 2.75) is 25.9 Å². The monoisotopic (exact) mass is 272 g/mol. The summed E-state index contributed by atoms with van der Waals surface area (Å²) in [6.45, 7) is 3.19. The fraction of sp³-hybridized carbons (Fsp3) is 0.438. The third-order valence-corrected chi connectivity index (χ3v) is 3.48. The maximum absolute atomic E-state index is 4.54. The predicted octanol–water partition coefficient (Wildman–Crippen LogP) is 2.67. The molecule has 0 bridgehead atoms. The van der Waals surface area contributed by atoms with Gasteiger partial charge in [0.05, 0.1) is 6.04 Å². The first-order valence-corrected chi connectivity index (χ1v) is 7.13. The van der Waals surface area contributed by atoms with Crippen LogP contribution < -0.4 is 10.2 Å². The van der Waals surface area contributed by atoms with Crippen molar-refractivity contribution >= 4 is 5.69 Å². The molecule has 0 saturated carbocycles. The van der Waals surface area contributed by atoms with Crippen molar-refractivity contribution in [3.8, 4) is 0 Å². The van der Waals surface area contributed by atoms with E-state index in [1.165, 1.54) is 11.3 Å². The smallest absolute Gasteiger partial charge is 0.130 e. The molecule has 0 spiro atoms. The van der Waals surface area contributed by atoms with Gasteiger partial charge in [-0.1, -0.05) is 19.1 Å². The Hall–Kier alpha value is -1.81. The molecule has 108 valence electrons. The Bertz CT molecular complexity index is 545. The van der Waals surface area contributed by atoms with E-state index in [2.05, 4.69) is 71.2 Å². The number of rotatable bonds is 6. The van der Waals surface area contributed by atoms with Crippen molar-refractivity contribution in [1.29, 1.82) is 0 Å². The lowest BCUT2D eigenvalue weighted by molar-refractivity contribution is 0.568. The molecule has 1 heterocycles. The molecule has 2 aromatic rings. The summed E-state index contributed by atoms with van der Waals surface area (Å²) in [5.41, 5.74) is 2.44. The lowest BCUT2D eigenvalue weighted by Gasteiger charge is -2.20. The second kappa shape index (κ2) is 6.57. The number of aryl methyl sites for hydroxylation is 1. The van der Waals surface area contributed by atoms with E-state index in [1.54, 1.807) is 0 Å². The van der Waals surface area contributed by atoms with Gasteiger partial charge in [-0.2, -0.15) is 0 Å². The quantitative estimate of drug-likeness (QED) is 0.877. The normalized spacial score (nSPS) is 12.4. The Morgan fingerprint density at radius 2 is 2.15 bits per heavy atom. The lowest BCUT2D eigenvalue weighted by atomic mass is 10.1. The molecule has 4 nitrogen and oxygen atoms in total. The van der Waals surface area contributed by atoms with Crippen molar-refractivity contribution in [3.63, 3.8) is 0 Å². The fourth-order valence-electron chi connectivity index (χ4n) is 2.44. The van der Waals surface area contributed by atoms with Gasteiger partial charge in [0, 0.05) is 38.7 Å². The standard InChI is InChI=1S/C16H24N4/c1-5-10-20-11-9-18-16(20)15(17-2)13-7-6-8-14(12-13)19(3)4/h6-9,11-12,15,17H,5,10H2,1-4H3. The molecular weight excluding hydrogens is 248 g/mol. The van der Waals surface area contributed by atoms with Crippen LogP contribution in [0.4, 0.5) is 5.69 Å². The molecule has 0 amide bonds. The van der Waals surface area contributed by atoms with Crippen molar-refractivity contribution in [2.75, 3.05) is 26.0 Å². The lowest BCUT2D eigenvalue weighted by Crippen LogP contribution is -2.22. The van der Waals surface area contributed by atoms with Crippen LogP contribution in [0.3, 0.4) is 0 Å². The number of anilines is 1. The average molecular weight is 272 g/mol. The van der Waals surface area contributed by atoms with Gasteiger partial charge in [0.15, 0.2) is 0 Å². The van der Waals surface area contributed by atoms with Gasteiger partial charge < -0.3 is 14.8 Å². The highest BCUT2D eigenvalue weighted by atomic mass is 15.1. The molecule has 0 radical (unpaired) electrons. The highest BCUT2D eigenvalue weighted by molar-refractivity contribution is 5.48. The number of nitrogens with zero attached hydrogens (tertiary/aromatic N) is 3. The molecule has 1 N–H and O–H groups in total. The highest BCUT2D eigenvalue weighted by Crippen LogP contribution is 2.24. The molecule has 0 fully saturated rings. The van der Waals surface area contributed by atoms with Gasteiger partial charge in [-0.25, -0.2) is 4.98 Å². The van der Waals surface area contributed by atoms with E-state index >= 15 is 0 Å². The van der Waals surface area contributed by atoms with Crippen LogP contribution in [0.25, 0.3) is 0 Å². The summed E-state index contributed by atoms with van der Waals surface area (Å²) in [5.74, 6) is 1.07. The first-order valence-electron chi connectivity index (χ1n) is 7.13. The van der Waals surface area contributed by atoms with Crippen LogP contribution in [0.1, 0.15) is 30.8 Å². The number of aromatic nitrogens is 2. The van der Waals surface area contributed by atoms with Gasteiger partial charge in [0.25, 0.3) is 0 Å². The number of imidazole rings is 1. The fourth-order valence-corrected chi connectivity index (χ4v) is 2.44. The zero-order chi connectivity index (χ0) is 14.5. The van der Waals surface area contributed by atoms with Crippen molar-refractivity contribution < 1.29 is 0 Å². The van der Waals surface area contributed by atoms with Crippen LogP contribution in [0.5, 0.6) is 0 Å². The van der Waals surface area contributed by atoms with E-state index in [-0.39, 0.29) is 6.04 Å². The molecule has 2 rings (SSSR count). The second-order valence-electron chi connectivity index (χ2n) is 5.19. The van der Waals surface area contributed by atoms with Gasteiger partial charge in [-0.3, -0.25) is 0 Å². The maximum Gasteiger partial charge on any atom is 0.130 e. The predicted molar refractivity (Wildman–Crippen MR) is 84.2 cm³/mol. The molecular formula is C16H24N4. The minimum Gasteiger partial charge on any atom is -0.378 e. The van der Waals surface area contributed by atoms with Crippen LogP contribution >= 0.6 is 0 Å². The highest BCUT2D eigenvalue weighted by Gasteiger charge is 2.17. The molecule has 1 unspecified atom stereocenters. The van der Waals surface area contributed by atoms with Crippen LogP contribution in [-0.2, 0) is 6.54 Å². The van der Waals surface area contributed by atoms with E-state index in [4.69, 9.17) is 0 Å². The van der Waals surface area contributed by atoms with Gasteiger partial charge in [0.2, 0.25) is 0 Å². The van der Waals surface area contributed by atoms with E-state index in [9.17, 15) is 0 Å². The Labute approximate surface area is 121 Å². The third kappa shape index (κ3) is 3.02. The second-order valence-corrected chi connectivity index (χ2v) is 5.19. The zero-order valence-corrected chi connectivity index (χ0v) is 12.8. The summed E-state index contributed by atoms with van der Waals surface area (Å²) in [7, 11) is 6.11. The van der Waals surface area contributed by atoms with Crippen LogP contribution in [0.15, 0.2) is 36.7 Å². The topological polar surface area (TPSA) is 33.1 Å². The Morgan fingerprint density at radius 3 is 2.80 bits per heavy atom. The molecule has 0 saturated heterocycles. The summed E-state index contributed by atoms with van der Waals surface area (Å²) >= 11 is 0. The van der Waals surface area contributed by atoms with Crippen LogP contribution in [0.2, 0.25) is 0 Å². The van der Waals surface area contributed by atoms with E-state index in [0.29, 0.717) is 0 Å². The van der Waals surface area contributed by atoms with Gasteiger partial charge in [0.1, 0.15) is 5.82 Å². The summed E-state index contributed by atoms with van der Waals surface area (Å²) in [6, 6.07) is 8.71. The van der Waals surface area contributed by atoms with Crippen LogP contribution in [0, 0.1) is 0 Å². The van der Waals surface area contributed by atoms with Crippen molar-refractivity contribution in [2.24, 2.45) is 0 Å². The largest absolute Gasteiger partial charge is 0.378 e. The van der Waals surface area contributed by atoms with E-state index in [1.807, 2.05) is 13.2 Å². The molecule has 0 aliphatic carbocycles. The maximum atomic E-state index is 4.54. The Kier molecular flexibility index (Phi) is 4.79. The number of benzene rings is 1. The van der Waals surface area contributed by atoms with Gasteiger partial charge >= 0.3 is 0 Å². The average Bonchev–Trinajstić information content (AvgIpc) is 2.89. The van der Waals surface area contributed by atoms with Crippen LogP contribution in [-0.4, -0.2) is 30.7 Å². The number of hydrogen-bond donors (Lipinski definition) is 1. The summed E-state index contributed by atoms with van der Waals surface area (Å²) in [4.78, 5) is 6.66. The molecule has 0 aliphatic rings. The van der Waals surface area contributed by atoms with Crippen molar-refractivity contribution in [1.82, 2.24) is 14.9 Å². The first-order chi connectivity index (χ1) is 9.67. The molecule has 4 heteroatoms. The first kappa shape index (κ1) is 14.6. The van der Waals surface area contributed by atoms with Gasteiger partial charge in [-0.15, -0.1) is 0 Å². The Morgan fingerprint density at radius 1 is 1.35 bits per heavy atom. The molecule has 1 aromatic carbocycles. The summed E-state index contributed by atoms with van der Waals surface area (Å²) < 4.78 is 2.23. The van der Waals surface area contributed by atoms with Gasteiger partial charge in [-0.05, 0) is 31.2 Å². The number of nitrogens with one attached hydrogen (secondary N) is 1. The third-order valence-electron chi connectivity index (χ3n) is 3.48. The minimum atomic E-state index is 0.122. The zero-order valence-electron chi connectivity index (χ0n) is 12.8. The Balaban J connectivity index is 2.36. The summed E-state index contributed by atoms with van der Waals surface area (Å²) in [6.07, 6.45) is 5.04. The molecule has 20 heavy (non-hydrogen) atoms. The summed E-state index contributed by atoms with van der Waals surface area (Å²) in [5, 5.41) is 3.38. The van der Waals surface area contributed by atoms with E-state index in [0.717, 1.165) is 18.8 Å². The molecule has 1 aromatic heterocycles. The van der Waals surface area contributed by atoms with E-state index < -0.39 is 0 Å². The van der Waals surface area contributed by atoms with Crippen molar-refractivity contribution in [3.05, 3.63) is 48.0 Å². The molecule has 1 atom stereocenters. The SMILES string of the molecule is CCCn1ccnc1C(NC)c1cccc(N(C)C)c1.